The Kier molecular flexibility index (Phi) is 6.88. The van der Waals surface area contributed by atoms with E-state index >= 15 is 0 Å². The number of amides is 1. The monoisotopic (exact) mass is 244 g/mol. The van der Waals surface area contributed by atoms with Crippen molar-refractivity contribution in [1.82, 2.24) is 10.6 Å². The van der Waals surface area contributed by atoms with Crippen molar-refractivity contribution in [3.63, 3.8) is 0 Å². The first kappa shape index (κ1) is 13.8. The van der Waals surface area contributed by atoms with Gasteiger partial charge >= 0.3 is 0 Å². The standard InChI is InChI=1S/C12H24N2OS/c1-10-9-13-7-6-11(10)14-12(15)5-3-4-8-16-2/h10-11,13H,3-9H2,1-2H3,(H,14,15). The first-order valence-corrected chi connectivity index (χ1v) is 7.62. The summed E-state index contributed by atoms with van der Waals surface area (Å²) in [6, 6.07) is 0.384. The van der Waals surface area contributed by atoms with E-state index in [1.54, 1.807) is 0 Å². The Hall–Kier alpha value is -0.220. The molecule has 1 aliphatic rings. The van der Waals surface area contributed by atoms with Crippen molar-refractivity contribution in [2.75, 3.05) is 25.1 Å². The number of piperidine rings is 1. The molecule has 94 valence electrons. The lowest BCUT2D eigenvalue weighted by atomic mass is 9.95. The van der Waals surface area contributed by atoms with E-state index in [1.807, 2.05) is 11.8 Å². The summed E-state index contributed by atoms with van der Waals surface area (Å²) < 4.78 is 0. The molecule has 0 bridgehead atoms. The molecule has 2 atom stereocenters. The quantitative estimate of drug-likeness (QED) is 0.698. The maximum absolute atomic E-state index is 11.7. The molecule has 16 heavy (non-hydrogen) atoms. The Labute approximate surface area is 103 Å². The molecule has 0 aromatic rings. The molecule has 0 aliphatic carbocycles. The third-order valence-electron chi connectivity index (χ3n) is 3.13. The highest BCUT2D eigenvalue weighted by atomic mass is 32.2. The van der Waals surface area contributed by atoms with Gasteiger partial charge < -0.3 is 10.6 Å². The molecule has 4 heteroatoms. The van der Waals surface area contributed by atoms with Crippen molar-refractivity contribution in [3.8, 4) is 0 Å². The van der Waals surface area contributed by atoms with Gasteiger partial charge in [0.1, 0.15) is 0 Å². The van der Waals surface area contributed by atoms with Gasteiger partial charge in [0.25, 0.3) is 0 Å². The van der Waals surface area contributed by atoms with Gasteiger partial charge in [0.2, 0.25) is 5.91 Å². The predicted octanol–water partition coefficient (Wildman–Crippen LogP) is 1.63. The molecule has 1 heterocycles. The smallest absolute Gasteiger partial charge is 0.220 e. The summed E-state index contributed by atoms with van der Waals surface area (Å²) in [5.41, 5.74) is 0. The van der Waals surface area contributed by atoms with Crippen molar-refractivity contribution in [1.29, 1.82) is 0 Å². The van der Waals surface area contributed by atoms with E-state index in [9.17, 15) is 4.79 Å². The lowest BCUT2D eigenvalue weighted by Crippen LogP contribution is -2.48. The Balaban J connectivity index is 2.12. The summed E-state index contributed by atoms with van der Waals surface area (Å²) in [4.78, 5) is 11.7. The summed E-state index contributed by atoms with van der Waals surface area (Å²) in [7, 11) is 0. The fourth-order valence-corrected chi connectivity index (χ4v) is 2.53. The first-order valence-electron chi connectivity index (χ1n) is 6.23. The van der Waals surface area contributed by atoms with Crippen molar-refractivity contribution < 1.29 is 4.79 Å². The van der Waals surface area contributed by atoms with Gasteiger partial charge in [-0.1, -0.05) is 6.92 Å². The Morgan fingerprint density at radius 2 is 2.31 bits per heavy atom. The second-order valence-electron chi connectivity index (χ2n) is 4.59. The molecular formula is C12H24N2OS. The number of thioether (sulfide) groups is 1. The molecular weight excluding hydrogens is 220 g/mol. The SMILES string of the molecule is CSCCCCC(=O)NC1CCNCC1C. The summed E-state index contributed by atoms with van der Waals surface area (Å²) >= 11 is 1.85. The van der Waals surface area contributed by atoms with Crippen LogP contribution in [0.2, 0.25) is 0 Å². The van der Waals surface area contributed by atoms with Crippen LogP contribution in [0, 0.1) is 5.92 Å². The number of hydrogen-bond donors (Lipinski definition) is 2. The third kappa shape index (κ3) is 5.21. The molecule has 0 aromatic heterocycles. The highest BCUT2D eigenvalue weighted by molar-refractivity contribution is 7.98. The van der Waals surface area contributed by atoms with Gasteiger partial charge in [-0.2, -0.15) is 11.8 Å². The van der Waals surface area contributed by atoms with Crippen LogP contribution in [0.4, 0.5) is 0 Å². The number of unbranched alkanes of at least 4 members (excludes halogenated alkanes) is 1. The van der Waals surface area contributed by atoms with Crippen LogP contribution in [-0.2, 0) is 4.79 Å². The van der Waals surface area contributed by atoms with Crippen LogP contribution in [0.1, 0.15) is 32.6 Å². The lowest BCUT2D eigenvalue weighted by Gasteiger charge is -2.30. The third-order valence-corrected chi connectivity index (χ3v) is 3.83. The molecule has 2 unspecified atom stereocenters. The average Bonchev–Trinajstić information content (AvgIpc) is 2.28. The minimum Gasteiger partial charge on any atom is -0.353 e. The molecule has 1 saturated heterocycles. The van der Waals surface area contributed by atoms with E-state index in [1.165, 1.54) is 0 Å². The molecule has 1 amide bonds. The van der Waals surface area contributed by atoms with Crippen molar-refractivity contribution in [3.05, 3.63) is 0 Å². The van der Waals surface area contributed by atoms with Crippen LogP contribution in [-0.4, -0.2) is 37.0 Å². The highest BCUT2D eigenvalue weighted by Crippen LogP contribution is 2.11. The molecule has 0 radical (unpaired) electrons. The van der Waals surface area contributed by atoms with Gasteiger partial charge in [-0.05, 0) is 50.3 Å². The minimum absolute atomic E-state index is 0.236. The van der Waals surface area contributed by atoms with Gasteiger partial charge in [0, 0.05) is 12.5 Å². The van der Waals surface area contributed by atoms with Crippen LogP contribution in [0.5, 0.6) is 0 Å². The van der Waals surface area contributed by atoms with Crippen LogP contribution in [0.15, 0.2) is 0 Å². The van der Waals surface area contributed by atoms with Crippen molar-refractivity contribution >= 4 is 17.7 Å². The number of carbonyl (C=O) groups is 1. The normalized spacial score (nSPS) is 25.4. The number of carbonyl (C=O) groups excluding carboxylic acids is 1. The fraction of sp³-hybridized carbons (Fsp3) is 0.917. The van der Waals surface area contributed by atoms with Gasteiger partial charge in [-0.3, -0.25) is 4.79 Å². The molecule has 2 N–H and O–H groups in total. The first-order chi connectivity index (χ1) is 7.74. The van der Waals surface area contributed by atoms with Gasteiger partial charge in [0.05, 0.1) is 0 Å². The maximum atomic E-state index is 11.7. The number of rotatable bonds is 6. The van der Waals surface area contributed by atoms with E-state index in [0.29, 0.717) is 18.4 Å². The molecule has 1 aliphatic heterocycles. The molecule has 3 nitrogen and oxygen atoms in total. The molecule has 0 saturated carbocycles. The lowest BCUT2D eigenvalue weighted by molar-refractivity contribution is -0.122. The summed E-state index contributed by atoms with van der Waals surface area (Å²) in [5, 5.41) is 6.50. The van der Waals surface area contributed by atoms with Crippen LogP contribution in [0.3, 0.4) is 0 Å². The summed E-state index contributed by atoms with van der Waals surface area (Å²) in [6.45, 7) is 4.25. The maximum Gasteiger partial charge on any atom is 0.220 e. The Bertz CT molecular complexity index is 211. The average molecular weight is 244 g/mol. The van der Waals surface area contributed by atoms with E-state index in [-0.39, 0.29) is 5.91 Å². The van der Waals surface area contributed by atoms with E-state index in [4.69, 9.17) is 0 Å². The highest BCUT2D eigenvalue weighted by Gasteiger charge is 2.21. The Morgan fingerprint density at radius 1 is 1.50 bits per heavy atom. The zero-order valence-electron chi connectivity index (χ0n) is 10.4. The summed E-state index contributed by atoms with van der Waals surface area (Å²) in [6.07, 6.45) is 6.04. The van der Waals surface area contributed by atoms with E-state index < -0.39 is 0 Å². The second-order valence-corrected chi connectivity index (χ2v) is 5.58. The van der Waals surface area contributed by atoms with E-state index in [0.717, 1.165) is 38.1 Å². The Morgan fingerprint density at radius 3 is 3.00 bits per heavy atom. The minimum atomic E-state index is 0.236. The number of nitrogens with one attached hydrogen (secondary N) is 2. The molecule has 0 aromatic carbocycles. The van der Waals surface area contributed by atoms with Gasteiger partial charge in [-0.25, -0.2) is 0 Å². The van der Waals surface area contributed by atoms with Crippen LogP contribution in [0.25, 0.3) is 0 Å². The number of hydrogen-bond acceptors (Lipinski definition) is 3. The predicted molar refractivity (Wildman–Crippen MR) is 70.8 cm³/mol. The van der Waals surface area contributed by atoms with Crippen LogP contribution < -0.4 is 10.6 Å². The second kappa shape index (κ2) is 7.96. The van der Waals surface area contributed by atoms with Crippen molar-refractivity contribution in [2.45, 2.75) is 38.6 Å². The van der Waals surface area contributed by atoms with Crippen LogP contribution >= 0.6 is 11.8 Å². The van der Waals surface area contributed by atoms with Gasteiger partial charge in [-0.15, -0.1) is 0 Å². The zero-order valence-corrected chi connectivity index (χ0v) is 11.2. The van der Waals surface area contributed by atoms with Gasteiger partial charge in [0.15, 0.2) is 0 Å². The topological polar surface area (TPSA) is 41.1 Å². The molecule has 1 rings (SSSR count). The zero-order chi connectivity index (χ0) is 11.8. The van der Waals surface area contributed by atoms with E-state index in [2.05, 4.69) is 23.8 Å². The fourth-order valence-electron chi connectivity index (χ4n) is 2.04. The summed E-state index contributed by atoms with van der Waals surface area (Å²) in [5.74, 6) is 1.96. The molecule has 1 fully saturated rings. The van der Waals surface area contributed by atoms with Crippen molar-refractivity contribution in [2.24, 2.45) is 5.92 Å². The molecule has 0 spiro atoms. The largest absolute Gasteiger partial charge is 0.353 e.